The Morgan fingerprint density at radius 1 is 1.38 bits per heavy atom. The quantitative estimate of drug-likeness (QED) is 0.794. The van der Waals surface area contributed by atoms with E-state index in [1.54, 1.807) is 17.1 Å². The summed E-state index contributed by atoms with van der Waals surface area (Å²) >= 11 is 0. The molecule has 0 N–H and O–H groups in total. The minimum atomic E-state index is -0.269. The first-order chi connectivity index (χ1) is 7.70. The number of aryl methyl sites for hydroxylation is 2. The lowest BCUT2D eigenvalue weighted by molar-refractivity contribution is 0.600. The molecule has 0 saturated carbocycles. The van der Waals surface area contributed by atoms with Crippen molar-refractivity contribution in [3.63, 3.8) is 0 Å². The van der Waals surface area contributed by atoms with Crippen LogP contribution in [0.15, 0.2) is 24.5 Å². The molecule has 0 unspecified atom stereocenters. The molecule has 16 heavy (non-hydrogen) atoms. The van der Waals surface area contributed by atoms with E-state index in [4.69, 9.17) is 0 Å². The lowest BCUT2D eigenvalue weighted by Gasteiger charge is -1.99. The molecule has 4 heteroatoms. The van der Waals surface area contributed by atoms with E-state index in [2.05, 4.69) is 17.0 Å². The van der Waals surface area contributed by atoms with Crippen LogP contribution in [0.25, 0.3) is 11.4 Å². The zero-order valence-electron chi connectivity index (χ0n) is 9.44. The van der Waals surface area contributed by atoms with Crippen molar-refractivity contribution in [3.05, 3.63) is 35.9 Å². The molecule has 0 aliphatic heterocycles. The van der Waals surface area contributed by atoms with Crippen LogP contribution in [0, 0.1) is 12.7 Å². The average Bonchev–Trinajstić information content (AvgIpc) is 2.67. The molecule has 0 atom stereocenters. The van der Waals surface area contributed by atoms with E-state index in [-0.39, 0.29) is 5.82 Å². The van der Waals surface area contributed by atoms with Gasteiger partial charge < -0.3 is 0 Å². The van der Waals surface area contributed by atoms with Crippen LogP contribution in [0.3, 0.4) is 0 Å². The minimum absolute atomic E-state index is 0.269. The molecule has 2 rings (SSSR count). The fourth-order valence-electron chi connectivity index (χ4n) is 1.56. The summed E-state index contributed by atoms with van der Waals surface area (Å²) in [7, 11) is 0. The Balaban J connectivity index is 2.35. The van der Waals surface area contributed by atoms with Gasteiger partial charge >= 0.3 is 0 Å². The maximum Gasteiger partial charge on any atom is 0.184 e. The maximum absolute atomic E-state index is 13.6. The van der Waals surface area contributed by atoms with Crippen LogP contribution in [0.5, 0.6) is 0 Å². The van der Waals surface area contributed by atoms with E-state index in [0.29, 0.717) is 11.4 Å². The smallest absolute Gasteiger partial charge is 0.184 e. The topological polar surface area (TPSA) is 30.7 Å². The van der Waals surface area contributed by atoms with Crippen LogP contribution < -0.4 is 0 Å². The van der Waals surface area contributed by atoms with Crippen LogP contribution in [0.2, 0.25) is 0 Å². The van der Waals surface area contributed by atoms with Crippen molar-refractivity contribution >= 4 is 0 Å². The summed E-state index contributed by atoms with van der Waals surface area (Å²) < 4.78 is 15.4. The summed E-state index contributed by atoms with van der Waals surface area (Å²) in [6.45, 7) is 4.73. The standard InChI is InChI=1S/C12H14FN3/c1-3-6-16-8-14-12(15-16)10-5-4-9(2)7-11(10)13/h4-5,7-8H,3,6H2,1-2H3. The van der Waals surface area contributed by atoms with Crippen molar-refractivity contribution in [2.75, 3.05) is 0 Å². The highest BCUT2D eigenvalue weighted by molar-refractivity contribution is 5.55. The largest absolute Gasteiger partial charge is 0.252 e. The van der Waals surface area contributed by atoms with Gasteiger partial charge in [-0.15, -0.1) is 0 Å². The van der Waals surface area contributed by atoms with Crippen LogP contribution in [-0.2, 0) is 6.54 Å². The first kappa shape index (κ1) is 10.8. The monoisotopic (exact) mass is 219 g/mol. The van der Waals surface area contributed by atoms with Crippen LogP contribution in [0.4, 0.5) is 4.39 Å². The second kappa shape index (κ2) is 4.43. The third-order valence-corrected chi connectivity index (χ3v) is 2.35. The summed E-state index contributed by atoms with van der Waals surface area (Å²) in [5.41, 5.74) is 1.36. The Bertz CT molecular complexity index is 491. The number of aromatic nitrogens is 3. The Kier molecular flexibility index (Phi) is 2.99. The van der Waals surface area contributed by atoms with Gasteiger partial charge in [-0.3, -0.25) is 4.68 Å². The third-order valence-electron chi connectivity index (χ3n) is 2.35. The molecule has 0 fully saturated rings. The van der Waals surface area contributed by atoms with Gasteiger partial charge in [-0.2, -0.15) is 5.10 Å². The summed E-state index contributed by atoms with van der Waals surface area (Å²) in [5, 5.41) is 4.23. The van der Waals surface area contributed by atoms with Crippen molar-refractivity contribution < 1.29 is 4.39 Å². The number of benzene rings is 1. The molecular formula is C12H14FN3. The Morgan fingerprint density at radius 3 is 2.88 bits per heavy atom. The second-order valence-electron chi connectivity index (χ2n) is 3.81. The van der Waals surface area contributed by atoms with E-state index in [1.807, 2.05) is 13.0 Å². The van der Waals surface area contributed by atoms with E-state index < -0.39 is 0 Å². The molecule has 84 valence electrons. The average molecular weight is 219 g/mol. The number of rotatable bonds is 3. The molecule has 0 aliphatic carbocycles. The van der Waals surface area contributed by atoms with Gasteiger partial charge in [0.2, 0.25) is 0 Å². The molecule has 3 nitrogen and oxygen atoms in total. The molecule has 0 amide bonds. The summed E-state index contributed by atoms with van der Waals surface area (Å²) in [6, 6.07) is 5.07. The molecular weight excluding hydrogens is 205 g/mol. The van der Waals surface area contributed by atoms with Crippen molar-refractivity contribution in [2.24, 2.45) is 0 Å². The molecule has 1 heterocycles. The zero-order valence-corrected chi connectivity index (χ0v) is 9.44. The Morgan fingerprint density at radius 2 is 2.19 bits per heavy atom. The molecule has 0 bridgehead atoms. The number of nitrogens with zero attached hydrogens (tertiary/aromatic N) is 3. The third kappa shape index (κ3) is 2.10. The van der Waals surface area contributed by atoms with E-state index >= 15 is 0 Å². The highest BCUT2D eigenvalue weighted by Crippen LogP contribution is 2.19. The SMILES string of the molecule is CCCn1cnc(-c2ccc(C)cc2F)n1. The molecule has 0 radical (unpaired) electrons. The predicted molar refractivity (Wildman–Crippen MR) is 60.4 cm³/mol. The lowest BCUT2D eigenvalue weighted by atomic mass is 10.1. The van der Waals surface area contributed by atoms with Gasteiger partial charge in [0.25, 0.3) is 0 Å². The highest BCUT2D eigenvalue weighted by atomic mass is 19.1. The van der Waals surface area contributed by atoms with Gasteiger partial charge in [-0.1, -0.05) is 13.0 Å². The van der Waals surface area contributed by atoms with Crippen molar-refractivity contribution in [2.45, 2.75) is 26.8 Å². The van der Waals surface area contributed by atoms with Gasteiger partial charge in [0, 0.05) is 6.54 Å². The number of hydrogen-bond donors (Lipinski definition) is 0. The van der Waals surface area contributed by atoms with Gasteiger partial charge in [0.1, 0.15) is 12.1 Å². The van der Waals surface area contributed by atoms with Crippen molar-refractivity contribution in [3.8, 4) is 11.4 Å². The predicted octanol–water partition coefficient (Wildman–Crippen LogP) is 2.80. The zero-order chi connectivity index (χ0) is 11.5. The Labute approximate surface area is 93.9 Å². The fraction of sp³-hybridized carbons (Fsp3) is 0.333. The van der Waals surface area contributed by atoms with E-state index in [1.165, 1.54) is 6.07 Å². The summed E-state index contributed by atoms with van der Waals surface area (Å²) in [5.74, 6) is 0.181. The Hall–Kier alpha value is -1.71. The van der Waals surface area contributed by atoms with E-state index in [0.717, 1.165) is 18.5 Å². The lowest BCUT2D eigenvalue weighted by Crippen LogP contribution is -1.97. The van der Waals surface area contributed by atoms with Crippen molar-refractivity contribution in [1.29, 1.82) is 0 Å². The second-order valence-corrected chi connectivity index (χ2v) is 3.81. The highest BCUT2D eigenvalue weighted by Gasteiger charge is 2.09. The summed E-state index contributed by atoms with van der Waals surface area (Å²) in [6.07, 6.45) is 2.62. The molecule has 0 aliphatic rings. The molecule has 1 aromatic carbocycles. The van der Waals surface area contributed by atoms with Gasteiger partial charge in [-0.25, -0.2) is 9.37 Å². The molecule has 0 spiro atoms. The van der Waals surface area contributed by atoms with E-state index in [9.17, 15) is 4.39 Å². The first-order valence-electron chi connectivity index (χ1n) is 5.36. The van der Waals surface area contributed by atoms with Gasteiger partial charge in [-0.05, 0) is 31.0 Å². The molecule has 0 saturated heterocycles. The van der Waals surface area contributed by atoms with Gasteiger partial charge in [0.15, 0.2) is 5.82 Å². The van der Waals surface area contributed by atoms with Crippen LogP contribution in [0.1, 0.15) is 18.9 Å². The first-order valence-corrected chi connectivity index (χ1v) is 5.36. The number of hydrogen-bond acceptors (Lipinski definition) is 2. The summed E-state index contributed by atoms with van der Waals surface area (Å²) in [4.78, 5) is 4.11. The van der Waals surface area contributed by atoms with Crippen LogP contribution >= 0.6 is 0 Å². The van der Waals surface area contributed by atoms with Crippen molar-refractivity contribution in [1.82, 2.24) is 14.8 Å². The minimum Gasteiger partial charge on any atom is -0.252 e. The van der Waals surface area contributed by atoms with Crippen LogP contribution in [-0.4, -0.2) is 14.8 Å². The number of halogens is 1. The normalized spacial score (nSPS) is 10.7. The maximum atomic E-state index is 13.6. The molecule has 1 aromatic heterocycles. The van der Waals surface area contributed by atoms with Gasteiger partial charge in [0.05, 0.1) is 5.56 Å². The molecule has 2 aromatic rings. The fourth-order valence-corrected chi connectivity index (χ4v) is 1.56.